The number of aliphatic hydroxyl groups is 1. The molecule has 1 aliphatic rings. The van der Waals surface area contributed by atoms with Crippen molar-refractivity contribution >= 4 is 0 Å². The second kappa shape index (κ2) is 4.19. The maximum absolute atomic E-state index is 10.4. The highest BCUT2D eigenvalue weighted by Gasteiger charge is 2.40. The molecule has 84 valence electrons. The molecule has 0 aliphatic heterocycles. The van der Waals surface area contributed by atoms with E-state index in [1.807, 2.05) is 0 Å². The molecule has 0 heterocycles. The number of nitrogens with one attached hydrogen (secondary N) is 1. The lowest BCUT2D eigenvalue weighted by atomic mass is 9.66. The predicted molar refractivity (Wildman–Crippen MR) is 60.3 cm³/mol. The van der Waals surface area contributed by atoms with Crippen molar-refractivity contribution in [3.05, 3.63) is 0 Å². The van der Waals surface area contributed by atoms with Crippen molar-refractivity contribution in [2.75, 3.05) is 13.1 Å². The van der Waals surface area contributed by atoms with Gasteiger partial charge in [-0.05, 0) is 37.1 Å². The zero-order valence-corrected chi connectivity index (χ0v) is 10.1. The van der Waals surface area contributed by atoms with Gasteiger partial charge in [-0.3, -0.25) is 0 Å². The normalized spacial score (nSPS) is 37.1. The van der Waals surface area contributed by atoms with Crippen LogP contribution in [0.2, 0.25) is 0 Å². The second-order valence-corrected chi connectivity index (χ2v) is 5.86. The minimum absolute atomic E-state index is 0.293. The summed E-state index contributed by atoms with van der Waals surface area (Å²) < 4.78 is 0. The Balaban J connectivity index is 2.59. The van der Waals surface area contributed by atoms with Gasteiger partial charge >= 0.3 is 0 Å². The fourth-order valence-corrected chi connectivity index (χ4v) is 3.19. The van der Waals surface area contributed by atoms with Crippen LogP contribution in [0.15, 0.2) is 0 Å². The zero-order chi connectivity index (χ0) is 10.8. The highest BCUT2D eigenvalue weighted by atomic mass is 16.3. The molecule has 1 aliphatic carbocycles. The summed E-state index contributed by atoms with van der Waals surface area (Å²) in [5.74, 6) is 0.641. The molecule has 0 amide bonds. The quantitative estimate of drug-likeness (QED) is 0.730. The molecule has 2 nitrogen and oxygen atoms in total. The fourth-order valence-electron chi connectivity index (χ4n) is 3.19. The Kier molecular flexibility index (Phi) is 3.59. The summed E-state index contributed by atoms with van der Waals surface area (Å²) in [7, 11) is 0. The maximum Gasteiger partial charge on any atom is 0.0779 e. The summed E-state index contributed by atoms with van der Waals surface area (Å²) >= 11 is 0. The van der Waals surface area contributed by atoms with E-state index in [1.54, 1.807) is 0 Å². The molecule has 0 bridgehead atoms. The fraction of sp³-hybridized carbons (Fsp3) is 1.00. The average molecular weight is 199 g/mol. The molecule has 0 aromatic carbocycles. The lowest BCUT2D eigenvalue weighted by Crippen LogP contribution is -2.48. The van der Waals surface area contributed by atoms with E-state index in [2.05, 4.69) is 33.0 Å². The van der Waals surface area contributed by atoms with Crippen LogP contribution < -0.4 is 5.32 Å². The predicted octanol–water partition coefficient (Wildman–Crippen LogP) is 2.17. The van der Waals surface area contributed by atoms with Crippen molar-refractivity contribution in [3.8, 4) is 0 Å². The molecule has 2 heteroatoms. The van der Waals surface area contributed by atoms with Crippen LogP contribution in [0.3, 0.4) is 0 Å². The Morgan fingerprint density at radius 3 is 2.50 bits per heavy atom. The van der Waals surface area contributed by atoms with E-state index >= 15 is 0 Å². The molecule has 0 aromatic heterocycles. The smallest absolute Gasteiger partial charge is 0.0779 e. The average Bonchev–Trinajstić information content (AvgIpc) is 1.96. The Bertz CT molecular complexity index is 191. The molecule has 0 aromatic rings. The van der Waals surface area contributed by atoms with Crippen molar-refractivity contribution < 1.29 is 5.11 Å². The number of hydrogen-bond donors (Lipinski definition) is 2. The van der Waals surface area contributed by atoms with Gasteiger partial charge in [0.1, 0.15) is 0 Å². The van der Waals surface area contributed by atoms with Crippen molar-refractivity contribution in [1.29, 1.82) is 0 Å². The van der Waals surface area contributed by atoms with Gasteiger partial charge in [0, 0.05) is 6.54 Å². The SMILES string of the molecule is CCNCC1(O)CC(C)CC(C)(C)C1. The maximum atomic E-state index is 10.4. The molecule has 2 atom stereocenters. The van der Waals surface area contributed by atoms with Gasteiger partial charge in [-0.2, -0.15) is 0 Å². The van der Waals surface area contributed by atoms with E-state index < -0.39 is 5.60 Å². The van der Waals surface area contributed by atoms with Crippen LogP contribution in [-0.2, 0) is 0 Å². The third-order valence-electron chi connectivity index (χ3n) is 3.14. The third-order valence-corrected chi connectivity index (χ3v) is 3.14. The molecular formula is C12H25NO. The van der Waals surface area contributed by atoms with Gasteiger partial charge in [0.25, 0.3) is 0 Å². The van der Waals surface area contributed by atoms with Crippen molar-refractivity contribution in [2.45, 2.75) is 52.6 Å². The van der Waals surface area contributed by atoms with Gasteiger partial charge in [0.15, 0.2) is 0 Å². The van der Waals surface area contributed by atoms with Crippen LogP contribution in [-0.4, -0.2) is 23.8 Å². The number of rotatable bonds is 3. The first kappa shape index (κ1) is 12.0. The van der Waals surface area contributed by atoms with Crippen LogP contribution in [0.25, 0.3) is 0 Å². The molecule has 14 heavy (non-hydrogen) atoms. The summed E-state index contributed by atoms with van der Waals surface area (Å²) in [6, 6.07) is 0. The molecule has 2 unspecified atom stereocenters. The lowest BCUT2D eigenvalue weighted by molar-refractivity contribution is -0.0560. The standard InChI is InChI=1S/C12H25NO/c1-5-13-9-12(14)7-10(2)6-11(3,4)8-12/h10,13-14H,5-9H2,1-4H3. The first-order valence-electron chi connectivity index (χ1n) is 5.80. The molecule has 1 saturated carbocycles. The van der Waals surface area contributed by atoms with Gasteiger partial charge in [-0.25, -0.2) is 0 Å². The molecule has 0 spiro atoms. The van der Waals surface area contributed by atoms with Gasteiger partial charge < -0.3 is 10.4 Å². The topological polar surface area (TPSA) is 32.3 Å². The molecule has 1 fully saturated rings. The Hall–Kier alpha value is -0.0800. The zero-order valence-electron chi connectivity index (χ0n) is 10.1. The lowest BCUT2D eigenvalue weighted by Gasteiger charge is -2.44. The van der Waals surface area contributed by atoms with Crippen LogP contribution in [0.4, 0.5) is 0 Å². The number of hydrogen-bond acceptors (Lipinski definition) is 2. The van der Waals surface area contributed by atoms with Crippen molar-refractivity contribution in [2.24, 2.45) is 11.3 Å². The highest BCUT2D eigenvalue weighted by Crippen LogP contribution is 2.43. The Morgan fingerprint density at radius 1 is 1.36 bits per heavy atom. The molecule has 1 rings (SSSR count). The summed E-state index contributed by atoms with van der Waals surface area (Å²) in [6.07, 6.45) is 3.11. The van der Waals surface area contributed by atoms with Crippen LogP contribution in [0.5, 0.6) is 0 Å². The molecular weight excluding hydrogens is 174 g/mol. The highest BCUT2D eigenvalue weighted by molar-refractivity contribution is 4.94. The molecule has 0 radical (unpaired) electrons. The van der Waals surface area contributed by atoms with Crippen LogP contribution in [0.1, 0.15) is 47.0 Å². The third kappa shape index (κ3) is 3.25. The summed E-state index contributed by atoms with van der Waals surface area (Å²) in [4.78, 5) is 0. The van der Waals surface area contributed by atoms with Gasteiger partial charge in [0.05, 0.1) is 5.60 Å². The van der Waals surface area contributed by atoms with Crippen LogP contribution in [0, 0.1) is 11.3 Å². The first-order valence-corrected chi connectivity index (χ1v) is 5.80. The Morgan fingerprint density at radius 2 is 2.00 bits per heavy atom. The first-order chi connectivity index (χ1) is 6.37. The summed E-state index contributed by atoms with van der Waals surface area (Å²) in [6.45, 7) is 10.5. The number of likely N-dealkylation sites (N-methyl/N-ethyl adjacent to an activating group) is 1. The largest absolute Gasteiger partial charge is 0.389 e. The molecule has 0 saturated heterocycles. The van der Waals surface area contributed by atoms with Crippen molar-refractivity contribution in [3.63, 3.8) is 0 Å². The van der Waals surface area contributed by atoms with Gasteiger partial charge in [-0.15, -0.1) is 0 Å². The monoisotopic (exact) mass is 199 g/mol. The summed E-state index contributed by atoms with van der Waals surface area (Å²) in [5.41, 5.74) is -0.182. The van der Waals surface area contributed by atoms with Gasteiger partial charge in [0.2, 0.25) is 0 Å². The second-order valence-electron chi connectivity index (χ2n) is 5.86. The van der Waals surface area contributed by atoms with E-state index in [1.165, 1.54) is 6.42 Å². The van der Waals surface area contributed by atoms with E-state index in [4.69, 9.17) is 0 Å². The van der Waals surface area contributed by atoms with E-state index in [0.29, 0.717) is 11.3 Å². The Labute approximate surface area is 88.1 Å². The van der Waals surface area contributed by atoms with Gasteiger partial charge in [-0.1, -0.05) is 27.7 Å². The van der Waals surface area contributed by atoms with E-state index in [-0.39, 0.29) is 0 Å². The molecule has 2 N–H and O–H groups in total. The van der Waals surface area contributed by atoms with Crippen molar-refractivity contribution in [1.82, 2.24) is 5.32 Å². The minimum atomic E-state index is -0.475. The van der Waals surface area contributed by atoms with Crippen LogP contribution >= 0.6 is 0 Å². The van der Waals surface area contributed by atoms with E-state index in [0.717, 1.165) is 25.9 Å². The minimum Gasteiger partial charge on any atom is -0.389 e. The summed E-state index contributed by atoms with van der Waals surface area (Å²) in [5, 5.41) is 13.7. The van der Waals surface area contributed by atoms with E-state index in [9.17, 15) is 5.11 Å².